The van der Waals surface area contributed by atoms with E-state index in [9.17, 15) is 4.79 Å². The molecule has 1 saturated heterocycles. The Bertz CT molecular complexity index is 533. The number of unbranched alkanes of at least 4 members (excludes halogenated alkanes) is 5. The summed E-state index contributed by atoms with van der Waals surface area (Å²) in [5, 5.41) is 3.30. The van der Waals surface area contributed by atoms with Gasteiger partial charge in [-0.3, -0.25) is 4.79 Å². The molecule has 1 aromatic heterocycles. The number of hydrogen-bond acceptors (Lipinski definition) is 4. The van der Waals surface area contributed by atoms with Crippen molar-refractivity contribution >= 4 is 17.5 Å². The monoisotopic (exact) mass is 368 g/mol. The summed E-state index contributed by atoms with van der Waals surface area (Å²) in [5.74, 6) is 0.251. The lowest BCUT2D eigenvalue weighted by atomic mass is 10.1. The van der Waals surface area contributed by atoms with Crippen molar-refractivity contribution in [2.24, 2.45) is 0 Å². The molecule has 0 saturated carbocycles. The van der Waals surface area contributed by atoms with Gasteiger partial charge in [0.25, 0.3) is 5.91 Å². The number of pyridine rings is 1. The van der Waals surface area contributed by atoms with Gasteiger partial charge in [0.05, 0.1) is 18.8 Å². The van der Waals surface area contributed by atoms with Gasteiger partial charge in [-0.15, -0.1) is 0 Å². The predicted octanol–water partition coefficient (Wildman–Crippen LogP) is 4.38. The Hall–Kier alpha value is -1.33. The maximum absolute atomic E-state index is 12.2. The lowest BCUT2D eigenvalue weighted by Crippen LogP contribution is -2.27. The molecule has 140 valence electrons. The normalized spacial score (nSPS) is 15.1. The second-order valence-corrected chi connectivity index (χ2v) is 6.87. The summed E-state index contributed by atoms with van der Waals surface area (Å²) in [6.45, 7) is 4.28. The number of carbonyl (C=O) groups is 1. The van der Waals surface area contributed by atoms with Crippen molar-refractivity contribution in [3.8, 4) is 5.88 Å². The van der Waals surface area contributed by atoms with E-state index in [4.69, 9.17) is 21.1 Å². The number of carbonyl (C=O) groups excluding carboxylic acids is 1. The van der Waals surface area contributed by atoms with E-state index >= 15 is 0 Å². The van der Waals surface area contributed by atoms with Crippen molar-refractivity contribution in [2.75, 3.05) is 19.8 Å². The van der Waals surface area contributed by atoms with E-state index in [0.717, 1.165) is 25.7 Å². The van der Waals surface area contributed by atoms with Crippen LogP contribution in [0.2, 0.25) is 5.02 Å². The van der Waals surface area contributed by atoms with Crippen LogP contribution < -0.4 is 10.1 Å². The molecule has 5 nitrogen and oxygen atoms in total. The van der Waals surface area contributed by atoms with Crippen LogP contribution in [0.4, 0.5) is 0 Å². The number of aromatic nitrogens is 1. The van der Waals surface area contributed by atoms with Crippen LogP contribution in [-0.4, -0.2) is 36.8 Å². The quantitative estimate of drug-likeness (QED) is 0.622. The highest BCUT2D eigenvalue weighted by atomic mass is 35.5. The third kappa shape index (κ3) is 7.20. The Morgan fingerprint density at radius 3 is 2.72 bits per heavy atom. The molecule has 1 aliphatic rings. The molecule has 1 N–H and O–H groups in total. The van der Waals surface area contributed by atoms with E-state index in [1.807, 2.05) is 0 Å². The van der Waals surface area contributed by atoms with Gasteiger partial charge in [0, 0.05) is 25.6 Å². The summed E-state index contributed by atoms with van der Waals surface area (Å²) in [5.41, 5.74) is 0.468. The van der Waals surface area contributed by atoms with Crippen LogP contribution in [-0.2, 0) is 4.74 Å². The number of halogens is 1. The lowest BCUT2D eigenvalue weighted by molar-refractivity contribution is 0.0238. The van der Waals surface area contributed by atoms with Crippen molar-refractivity contribution in [2.45, 2.75) is 64.4 Å². The fourth-order valence-electron chi connectivity index (χ4n) is 2.80. The van der Waals surface area contributed by atoms with Crippen LogP contribution in [0.25, 0.3) is 0 Å². The van der Waals surface area contributed by atoms with Gasteiger partial charge < -0.3 is 14.8 Å². The fourth-order valence-corrected chi connectivity index (χ4v) is 3.01. The van der Waals surface area contributed by atoms with Crippen molar-refractivity contribution in [3.05, 3.63) is 22.8 Å². The van der Waals surface area contributed by atoms with E-state index in [-0.39, 0.29) is 12.0 Å². The minimum Gasteiger partial charge on any atom is -0.473 e. The standard InChI is InChI=1S/C19H29ClN2O3/c1-2-3-4-5-6-7-10-21-18(23)15-13-17(20)19(22-14-15)25-16-8-11-24-12-9-16/h13-14,16H,2-12H2,1H3,(H,21,23). The first-order valence-electron chi connectivity index (χ1n) is 9.39. The minimum atomic E-state index is -0.138. The lowest BCUT2D eigenvalue weighted by Gasteiger charge is -2.23. The summed E-state index contributed by atoms with van der Waals surface area (Å²) < 4.78 is 11.1. The van der Waals surface area contributed by atoms with E-state index in [2.05, 4.69) is 17.2 Å². The number of rotatable bonds is 10. The molecule has 0 aliphatic carbocycles. The van der Waals surface area contributed by atoms with Crippen LogP contribution in [0.1, 0.15) is 68.6 Å². The van der Waals surface area contributed by atoms with Gasteiger partial charge in [-0.25, -0.2) is 4.98 Å². The number of hydrogen-bond donors (Lipinski definition) is 1. The molecule has 1 aliphatic heterocycles. The van der Waals surface area contributed by atoms with Gasteiger partial charge in [-0.1, -0.05) is 50.6 Å². The Morgan fingerprint density at radius 2 is 2.00 bits per heavy atom. The third-order valence-corrected chi connectivity index (χ3v) is 4.60. The zero-order chi connectivity index (χ0) is 17.9. The highest BCUT2D eigenvalue weighted by molar-refractivity contribution is 6.32. The van der Waals surface area contributed by atoms with E-state index in [1.54, 1.807) is 6.07 Å². The summed E-state index contributed by atoms with van der Waals surface area (Å²) >= 11 is 6.23. The van der Waals surface area contributed by atoms with Gasteiger partial charge >= 0.3 is 0 Å². The molecule has 0 aromatic carbocycles. The fraction of sp³-hybridized carbons (Fsp3) is 0.684. The zero-order valence-electron chi connectivity index (χ0n) is 15.1. The smallest absolute Gasteiger partial charge is 0.252 e. The first-order valence-corrected chi connectivity index (χ1v) is 9.76. The molecule has 6 heteroatoms. The number of nitrogens with zero attached hydrogens (tertiary/aromatic N) is 1. The summed E-state index contributed by atoms with van der Waals surface area (Å²) in [6, 6.07) is 1.62. The maximum Gasteiger partial charge on any atom is 0.252 e. The van der Waals surface area contributed by atoms with E-state index in [1.165, 1.54) is 31.9 Å². The molecular formula is C19H29ClN2O3. The second kappa shape index (κ2) is 11.3. The average molecular weight is 369 g/mol. The highest BCUT2D eigenvalue weighted by Crippen LogP contribution is 2.25. The molecule has 0 bridgehead atoms. The molecule has 0 spiro atoms. The molecule has 2 rings (SSSR count). The van der Waals surface area contributed by atoms with Crippen molar-refractivity contribution in [1.29, 1.82) is 0 Å². The number of amides is 1. The van der Waals surface area contributed by atoms with Gasteiger partial charge in [-0.05, 0) is 12.5 Å². The van der Waals surface area contributed by atoms with Crippen molar-refractivity contribution < 1.29 is 14.3 Å². The van der Waals surface area contributed by atoms with Crippen molar-refractivity contribution in [1.82, 2.24) is 10.3 Å². The SMILES string of the molecule is CCCCCCCCNC(=O)c1cnc(OC2CCOCC2)c(Cl)c1. The van der Waals surface area contributed by atoms with E-state index in [0.29, 0.717) is 36.2 Å². The molecule has 25 heavy (non-hydrogen) atoms. The molecule has 2 heterocycles. The molecule has 1 aromatic rings. The summed E-state index contributed by atoms with van der Waals surface area (Å²) in [7, 11) is 0. The van der Waals surface area contributed by atoms with Crippen molar-refractivity contribution in [3.63, 3.8) is 0 Å². The molecule has 0 unspecified atom stereocenters. The van der Waals surface area contributed by atoms with Crippen LogP contribution in [0.15, 0.2) is 12.3 Å². The van der Waals surface area contributed by atoms with Crippen LogP contribution in [0.3, 0.4) is 0 Å². The van der Waals surface area contributed by atoms with E-state index < -0.39 is 0 Å². The van der Waals surface area contributed by atoms with Gasteiger partial charge in [0.2, 0.25) is 5.88 Å². The topological polar surface area (TPSA) is 60.5 Å². The molecule has 0 radical (unpaired) electrons. The first-order chi connectivity index (χ1) is 12.2. The summed E-state index contributed by atoms with van der Waals surface area (Å²) in [4.78, 5) is 16.4. The van der Waals surface area contributed by atoms with Crippen LogP contribution in [0.5, 0.6) is 5.88 Å². The number of ether oxygens (including phenoxy) is 2. The molecular weight excluding hydrogens is 340 g/mol. The predicted molar refractivity (Wildman–Crippen MR) is 99.4 cm³/mol. The number of nitrogens with one attached hydrogen (secondary N) is 1. The van der Waals surface area contributed by atoms with Gasteiger partial charge in [-0.2, -0.15) is 0 Å². The molecule has 1 fully saturated rings. The van der Waals surface area contributed by atoms with Crippen LogP contribution >= 0.6 is 11.6 Å². The Morgan fingerprint density at radius 1 is 1.28 bits per heavy atom. The summed E-state index contributed by atoms with van der Waals surface area (Å²) in [6.07, 6.45) is 10.5. The second-order valence-electron chi connectivity index (χ2n) is 6.46. The first kappa shape index (κ1) is 20.0. The van der Waals surface area contributed by atoms with Crippen LogP contribution in [0, 0.1) is 0 Å². The zero-order valence-corrected chi connectivity index (χ0v) is 15.8. The molecule has 1 amide bonds. The maximum atomic E-state index is 12.2. The average Bonchev–Trinajstić information content (AvgIpc) is 2.63. The Kier molecular flexibility index (Phi) is 9.05. The van der Waals surface area contributed by atoms with Gasteiger partial charge in [0.1, 0.15) is 11.1 Å². The Labute approximate surface area is 155 Å². The largest absolute Gasteiger partial charge is 0.473 e. The minimum absolute atomic E-state index is 0.0751. The highest BCUT2D eigenvalue weighted by Gasteiger charge is 2.18. The van der Waals surface area contributed by atoms with Gasteiger partial charge in [0.15, 0.2) is 0 Å². The molecule has 0 atom stereocenters. The Balaban J connectivity index is 1.73. The third-order valence-electron chi connectivity index (χ3n) is 4.33.